The quantitative estimate of drug-likeness (QED) is 0.848. The van der Waals surface area contributed by atoms with Gasteiger partial charge >= 0.3 is 6.18 Å². The Morgan fingerprint density at radius 1 is 1.33 bits per heavy atom. The third-order valence-corrected chi connectivity index (χ3v) is 1.91. The van der Waals surface area contributed by atoms with Gasteiger partial charge in [0.15, 0.2) is 0 Å². The van der Waals surface area contributed by atoms with Gasteiger partial charge < -0.3 is 10.5 Å². The topological polar surface area (TPSA) is 35.2 Å². The summed E-state index contributed by atoms with van der Waals surface area (Å²) in [5.74, 6) is 0.185. The van der Waals surface area contributed by atoms with Crippen molar-refractivity contribution >= 4 is 0 Å². The number of benzene rings is 1. The third-order valence-electron chi connectivity index (χ3n) is 1.91. The first-order chi connectivity index (χ1) is 6.96. The predicted octanol–water partition coefficient (Wildman–Crippen LogP) is 2.65. The normalized spacial score (nSPS) is 13.7. The van der Waals surface area contributed by atoms with Gasteiger partial charge in [-0.25, -0.2) is 0 Å². The summed E-state index contributed by atoms with van der Waals surface area (Å²) in [6.45, 7) is 2.01. The van der Waals surface area contributed by atoms with Crippen LogP contribution in [0, 0.1) is 0 Å². The number of hydrogen-bond donors (Lipinski definition) is 1. The molecule has 0 radical (unpaired) electrons. The second-order valence-electron chi connectivity index (χ2n) is 2.99. The van der Waals surface area contributed by atoms with E-state index in [0.717, 1.165) is 0 Å². The van der Waals surface area contributed by atoms with Crippen molar-refractivity contribution in [3.05, 3.63) is 29.8 Å². The van der Waals surface area contributed by atoms with Gasteiger partial charge in [0.25, 0.3) is 0 Å². The molecule has 2 N–H and O–H groups in total. The first-order valence-electron chi connectivity index (χ1n) is 4.50. The molecule has 84 valence electrons. The third kappa shape index (κ3) is 2.86. The van der Waals surface area contributed by atoms with Crippen molar-refractivity contribution in [2.75, 3.05) is 6.61 Å². The molecule has 1 atom stereocenters. The molecule has 0 spiro atoms. The van der Waals surface area contributed by atoms with E-state index in [2.05, 4.69) is 0 Å². The van der Waals surface area contributed by atoms with E-state index < -0.39 is 12.2 Å². The van der Waals surface area contributed by atoms with Gasteiger partial charge in [0.2, 0.25) is 0 Å². The van der Waals surface area contributed by atoms with Crippen LogP contribution in [-0.4, -0.2) is 12.8 Å². The summed E-state index contributed by atoms with van der Waals surface area (Å²) in [7, 11) is 0. The highest BCUT2D eigenvalue weighted by Gasteiger charge is 2.39. The standard InChI is InChI=1S/C10H12F3NO/c1-2-15-8-6-4-3-5-7(8)9(14)10(11,12)13/h3-6,9H,2,14H2,1H3. The zero-order chi connectivity index (χ0) is 11.5. The van der Waals surface area contributed by atoms with Crippen molar-refractivity contribution in [1.82, 2.24) is 0 Å². The lowest BCUT2D eigenvalue weighted by atomic mass is 10.1. The molecule has 0 aliphatic heterocycles. The molecule has 0 fully saturated rings. The second-order valence-corrected chi connectivity index (χ2v) is 2.99. The maximum absolute atomic E-state index is 12.4. The number of rotatable bonds is 3. The average Bonchev–Trinajstić information content (AvgIpc) is 2.17. The van der Waals surface area contributed by atoms with Crippen molar-refractivity contribution in [2.24, 2.45) is 5.73 Å². The van der Waals surface area contributed by atoms with E-state index in [0.29, 0.717) is 6.61 Å². The Morgan fingerprint density at radius 2 is 1.93 bits per heavy atom. The van der Waals surface area contributed by atoms with Gasteiger partial charge in [0.05, 0.1) is 6.61 Å². The Bertz CT molecular complexity index is 325. The highest BCUT2D eigenvalue weighted by atomic mass is 19.4. The fourth-order valence-electron chi connectivity index (χ4n) is 1.20. The largest absolute Gasteiger partial charge is 0.494 e. The van der Waals surface area contributed by atoms with Crippen LogP contribution in [0.3, 0.4) is 0 Å². The molecule has 0 bridgehead atoms. The van der Waals surface area contributed by atoms with Crippen LogP contribution in [0.5, 0.6) is 5.75 Å². The maximum Gasteiger partial charge on any atom is 0.407 e. The zero-order valence-electron chi connectivity index (χ0n) is 8.21. The molecule has 1 rings (SSSR count). The summed E-state index contributed by atoms with van der Waals surface area (Å²) in [4.78, 5) is 0. The van der Waals surface area contributed by atoms with Crippen molar-refractivity contribution in [1.29, 1.82) is 0 Å². The van der Waals surface area contributed by atoms with Crippen LogP contribution in [0.15, 0.2) is 24.3 Å². The van der Waals surface area contributed by atoms with Crippen LogP contribution in [-0.2, 0) is 0 Å². The highest BCUT2D eigenvalue weighted by molar-refractivity contribution is 5.36. The number of alkyl halides is 3. The Morgan fingerprint density at radius 3 is 2.47 bits per heavy atom. The molecule has 1 unspecified atom stereocenters. The Kier molecular flexibility index (Phi) is 3.57. The lowest BCUT2D eigenvalue weighted by Gasteiger charge is -2.18. The van der Waals surface area contributed by atoms with Crippen molar-refractivity contribution in [3.63, 3.8) is 0 Å². The summed E-state index contributed by atoms with van der Waals surface area (Å²) >= 11 is 0. The molecular weight excluding hydrogens is 207 g/mol. The van der Waals surface area contributed by atoms with Crippen LogP contribution < -0.4 is 10.5 Å². The number of ether oxygens (including phenoxy) is 1. The minimum Gasteiger partial charge on any atom is -0.494 e. The Hall–Kier alpha value is -1.23. The van der Waals surface area contributed by atoms with Crippen LogP contribution in [0.4, 0.5) is 13.2 Å². The average molecular weight is 219 g/mol. The van der Waals surface area contributed by atoms with E-state index in [1.54, 1.807) is 13.0 Å². The number of para-hydroxylation sites is 1. The van der Waals surface area contributed by atoms with E-state index in [9.17, 15) is 13.2 Å². The fourth-order valence-corrected chi connectivity index (χ4v) is 1.20. The van der Waals surface area contributed by atoms with Gasteiger partial charge in [-0.05, 0) is 13.0 Å². The monoisotopic (exact) mass is 219 g/mol. The van der Waals surface area contributed by atoms with Crippen LogP contribution in [0.25, 0.3) is 0 Å². The molecule has 0 saturated heterocycles. The lowest BCUT2D eigenvalue weighted by Crippen LogP contribution is -2.28. The highest BCUT2D eigenvalue weighted by Crippen LogP contribution is 2.35. The van der Waals surface area contributed by atoms with Crippen molar-refractivity contribution in [3.8, 4) is 5.75 Å². The molecule has 1 aromatic carbocycles. The molecule has 0 aliphatic carbocycles. The zero-order valence-corrected chi connectivity index (χ0v) is 8.21. The summed E-state index contributed by atoms with van der Waals surface area (Å²) < 4.78 is 42.2. The molecule has 0 aromatic heterocycles. The molecule has 0 heterocycles. The Balaban J connectivity index is 3.02. The van der Waals surface area contributed by atoms with E-state index in [1.807, 2.05) is 0 Å². The van der Waals surface area contributed by atoms with Gasteiger partial charge in [-0.1, -0.05) is 18.2 Å². The fraction of sp³-hybridized carbons (Fsp3) is 0.400. The van der Waals surface area contributed by atoms with E-state index >= 15 is 0 Å². The number of halogens is 3. The van der Waals surface area contributed by atoms with E-state index in [1.165, 1.54) is 18.2 Å². The number of hydrogen-bond acceptors (Lipinski definition) is 2. The molecule has 2 nitrogen and oxygen atoms in total. The van der Waals surface area contributed by atoms with Gasteiger partial charge in [-0.2, -0.15) is 13.2 Å². The molecule has 15 heavy (non-hydrogen) atoms. The van der Waals surface area contributed by atoms with Crippen LogP contribution >= 0.6 is 0 Å². The minimum absolute atomic E-state index is 0.0353. The summed E-state index contributed by atoms with van der Waals surface area (Å²) in [5, 5.41) is 0. The second kappa shape index (κ2) is 4.53. The summed E-state index contributed by atoms with van der Waals surface area (Å²) in [5.41, 5.74) is 5.06. The first-order valence-corrected chi connectivity index (χ1v) is 4.50. The van der Waals surface area contributed by atoms with Crippen molar-refractivity contribution in [2.45, 2.75) is 19.1 Å². The molecule has 1 aromatic rings. The molecule has 5 heteroatoms. The van der Waals surface area contributed by atoms with E-state index in [4.69, 9.17) is 10.5 Å². The predicted molar refractivity (Wildman–Crippen MR) is 50.6 cm³/mol. The first kappa shape index (κ1) is 11.8. The molecular formula is C10H12F3NO. The SMILES string of the molecule is CCOc1ccccc1C(N)C(F)(F)F. The molecule has 0 saturated carbocycles. The summed E-state index contributed by atoms with van der Waals surface area (Å²) in [6.07, 6.45) is -4.45. The minimum atomic E-state index is -4.45. The van der Waals surface area contributed by atoms with Crippen LogP contribution in [0.1, 0.15) is 18.5 Å². The van der Waals surface area contributed by atoms with Gasteiger partial charge in [0.1, 0.15) is 11.8 Å². The van der Waals surface area contributed by atoms with Gasteiger partial charge in [-0.15, -0.1) is 0 Å². The lowest BCUT2D eigenvalue weighted by molar-refractivity contribution is -0.149. The molecule has 0 aliphatic rings. The van der Waals surface area contributed by atoms with Crippen LogP contribution in [0.2, 0.25) is 0 Å². The maximum atomic E-state index is 12.4. The number of nitrogens with two attached hydrogens (primary N) is 1. The van der Waals surface area contributed by atoms with Gasteiger partial charge in [-0.3, -0.25) is 0 Å². The Labute approximate surface area is 85.8 Å². The van der Waals surface area contributed by atoms with E-state index in [-0.39, 0.29) is 11.3 Å². The molecule has 0 amide bonds. The summed E-state index contributed by atoms with van der Waals surface area (Å²) in [6, 6.07) is 3.91. The smallest absolute Gasteiger partial charge is 0.407 e. The van der Waals surface area contributed by atoms with Gasteiger partial charge in [0, 0.05) is 5.56 Å². The van der Waals surface area contributed by atoms with Crippen molar-refractivity contribution < 1.29 is 17.9 Å².